The largest absolute Gasteiger partial charge is 0.440 e. The normalized spacial score (nSPS) is 12.5. The molecular formula is C23H15ClN2O5. The average Bonchev–Trinajstić information content (AvgIpc) is 3.03. The Balaban J connectivity index is 1.46. The minimum atomic E-state index is -0.788. The van der Waals surface area contributed by atoms with Crippen molar-refractivity contribution in [3.8, 4) is 0 Å². The molecule has 154 valence electrons. The fourth-order valence-corrected chi connectivity index (χ4v) is 3.25. The highest BCUT2D eigenvalue weighted by Gasteiger charge is 2.36. The maximum absolute atomic E-state index is 12.6. The van der Waals surface area contributed by atoms with Gasteiger partial charge in [0.15, 0.2) is 6.73 Å². The molecule has 3 aromatic carbocycles. The molecule has 4 rings (SSSR count). The third-order valence-corrected chi connectivity index (χ3v) is 4.96. The Hall–Kier alpha value is -3.97. The molecule has 0 saturated heterocycles. The van der Waals surface area contributed by atoms with Crippen LogP contribution in [-0.2, 0) is 4.74 Å². The van der Waals surface area contributed by atoms with Gasteiger partial charge >= 0.3 is 5.97 Å². The highest BCUT2D eigenvalue weighted by atomic mass is 35.5. The number of para-hydroxylation sites is 1. The molecule has 31 heavy (non-hydrogen) atoms. The van der Waals surface area contributed by atoms with Crippen LogP contribution < -0.4 is 5.32 Å². The number of carbonyl (C=O) groups is 4. The Bertz CT molecular complexity index is 1170. The summed E-state index contributed by atoms with van der Waals surface area (Å²) in [5.74, 6) is -2.28. The molecule has 0 unspecified atom stereocenters. The van der Waals surface area contributed by atoms with Crippen LogP contribution >= 0.6 is 11.6 Å². The Morgan fingerprint density at radius 1 is 0.839 bits per heavy atom. The molecule has 0 atom stereocenters. The van der Waals surface area contributed by atoms with Crippen molar-refractivity contribution >= 4 is 41.0 Å². The number of fused-ring (bicyclic) bond motifs is 1. The second-order valence-corrected chi connectivity index (χ2v) is 7.09. The average molecular weight is 435 g/mol. The molecule has 1 N–H and O–H groups in total. The topological polar surface area (TPSA) is 92.8 Å². The summed E-state index contributed by atoms with van der Waals surface area (Å²) in [7, 11) is 0. The second-order valence-electron chi connectivity index (χ2n) is 6.65. The fourth-order valence-electron chi connectivity index (χ4n) is 3.12. The molecule has 0 bridgehead atoms. The summed E-state index contributed by atoms with van der Waals surface area (Å²) in [5, 5.41) is 3.15. The van der Waals surface area contributed by atoms with Crippen molar-refractivity contribution in [1.82, 2.24) is 4.90 Å². The van der Waals surface area contributed by atoms with Crippen molar-refractivity contribution in [2.24, 2.45) is 0 Å². The fraction of sp³-hybridized carbons (Fsp3) is 0.0435. The van der Waals surface area contributed by atoms with E-state index >= 15 is 0 Å². The smallest absolute Gasteiger partial charge is 0.341 e. The van der Waals surface area contributed by atoms with Crippen molar-refractivity contribution in [2.75, 3.05) is 12.0 Å². The highest BCUT2D eigenvalue weighted by Crippen LogP contribution is 2.23. The summed E-state index contributed by atoms with van der Waals surface area (Å²) in [6, 6.07) is 18.9. The van der Waals surface area contributed by atoms with Crippen LogP contribution in [0.3, 0.4) is 0 Å². The SMILES string of the molecule is O=C(Nc1ccccc1C(=O)OCN1C(=O)c2ccccc2C1=O)c1ccc(Cl)cc1. The van der Waals surface area contributed by atoms with Crippen LogP contribution in [-0.4, -0.2) is 35.3 Å². The van der Waals surface area contributed by atoms with Gasteiger partial charge in [-0.2, -0.15) is 0 Å². The van der Waals surface area contributed by atoms with Crippen LogP contribution in [0, 0.1) is 0 Å². The molecule has 0 fully saturated rings. The number of rotatable bonds is 5. The van der Waals surface area contributed by atoms with Gasteiger partial charge in [0.2, 0.25) is 0 Å². The van der Waals surface area contributed by atoms with Crippen molar-refractivity contribution < 1.29 is 23.9 Å². The van der Waals surface area contributed by atoms with E-state index in [1.54, 1.807) is 66.7 Å². The van der Waals surface area contributed by atoms with E-state index < -0.39 is 30.4 Å². The van der Waals surface area contributed by atoms with E-state index in [0.29, 0.717) is 10.6 Å². The molecule has 3 aromatic rings. The molecule has 0 aromatic heterocycles. The summed E-state index contributed by atoms with van der Waals surface area (Å²) in [5.41, 5.74) is 1.20. The molecule has 0 spiro atoms. The van der Waals surface area contributed by atoms with Crippen LogP contribution in [0.25, 0.3) is 0 Å². The Morgan fingerprint density at radius 2 is 1.42 bits per heavy atom. The van der Waals surface area contributed by atoms with Crippen molar-refractivity contribution in [1.29, 1.82) is 0 Å². The molecule has 0 saturated carbocycles. The minimum Gasteiger partial charge on any atom is -0.440 e. The van der Waals surface area contributed by atoms with Gasteiger partial charge in [-0.25, -0.2) is 9.69 Å². The van der Waals surface area contributed by atoms with Crippen LogP contribution in [0.1, 0.15) is 41.4 Å². The van der Waals surface area contributed by atoms with Gasteiger partial charge in [-0.1, -0.05) is 35.9 Å². The van der Waals surface area contributed by atoms with E-state index in [4.69, 9.17) is 16.3 Å². The number of esters is 1. The third kappa shape index (κ3) is 4.04. The monoisotopic (exact) mass is 434 g/mol. The standard InChI is InChI=1S/C23H15ClN2O5/c24-15-11-9-14(10-12-15)20(27)25-19-8-4-3-7-18(19)23(30)31-13-26-21(28)16-5-1-2-6-17(16)22(26)29/h1-12H,13H2,(H,25,27). The van der Waals surface area contributed by atoms with Gasteiger partial charge < -0.3 is 10.1 Å². The molecule has 1 aliphatic rings. The number of nitrogens with zero attached hydrogens (tertiary/aromatic N) is 1. The van der Waals surface area contributed by atoms with E-state index in [0.717, 1.165) is 4.90 Å². The van der Waals surface area contributed by atoms with Crippen LogP contribution in [0.5, 0.6) is 0 Å². The lowest BCUT2D eigenvalue weighted by molar-refractivity contribution is 0.0229. The van der Waals surface area contributed by atoms with Crippen molar-refractivity contribution in [2.45, 2.75) is 0 Å². The molecule has 1 heterocycles. The Labute approximate surface area is 182 Å². The van der Waals surface area contributed by atoms with Crippen LogP contribution in [0.15, 0.2) is 72.8 Å². The van der Waals surface area contributed by atoms with E-state index in [2.05, 4.69) is 5.32 Å². The maximum Gasteiger partial charge on any atom is 0.341 e. The first-order valence-electron chi connectivity index (χ1n) is 9.24. The number of anilines is 1. The molecular weight excluding hydrogens is 420 g/mol. The van der Waals surface area contributed by atoms with Gasteiger partial charge in [-0.3, -0.25) is 14.4 Å². The van der Waals surface area contributed by atoms with Crippen LogP contribution in [0.4, 0.5) is 5.69 Å². The number of hydrogen-bond acceptors (Lipinski definition) is 5. The zero-order valence-corrected chi connectivity index (χ0v) is 16.8. The number of nitrogens with one attached hydrogen (secondary N) is 1. The molecule has 8 heteroatoms. The van der Waals surface area contributed by atoms with Gasteiger partial charge in [-0.15, -0.1) is 0 Å². The summed E-state index contributed by atoms with van der Waals surface area (Å²) in [4.78, 5) is 50.8. The first-order chi connectivity index (χ1) is 15.0. The first kappa shape index (κ1) is 20.3. The summed E-state index contributed by atoms with van der Waals surface area (Å²) < 4.78 is 5.20. The van der Waals surface area contributed by atoms with Crippen LogP contribution in [0.2, 0.25) is 5.02 Å². The number of hydrogen-bond donors (Lipinski definition) is 1. The van der Waals surface area contributed by atoms with Gasteiger partial charge in [0.1, 0.15) is 0 Å². The van der Waals surface area contributed by atoms with E-state index in [1.165, 1.54) is 6.07 Å². The predicted octanol–water partition coefficient (Wildman–Crippen LogP) is 4.00. The number of imide groups is 1. The van der Waals surface area contributed by atoms with Gasteiger partial charge in [-0.05, 0) is 48.5 Å². The predicted molar refractivity (Wildman–Crippen MR) is 113 cm³/mol. The lowest BCUT2D eigenvalue weighted by atomic mass is 10.1. The van der Waals surface area contributed by atoms with Crippen molar-refractivity contribution in [3.05, 3.63) is 100 Å². The highest BCUT2D eigenvalue weighted by molar-refractivity contribution is 6.30. The number of benzene rings is 3. The van der Waals surface area contributed by atoms with Gasteiger partial charge in [0.05, 0.1) is 22.4 Å². The number of ether oxygens (including phenoxy) is 1. The Kier molecular flexibility index (Phi) is 5.51. The zero-order chi connectivity index (χ0) is 22.0. The quantitative estimate of drug-likeness (QED) is 0.484. The molecule has 7 nitrogen and oxygen atoms in total. The molecule has 0 radical (unpaired) electrons. The minimum absolute atomic E-state index is 0.0847. The molecule has 3 amide bonds. The second kappa shape index (κ2) is 8.41. The lowest BCUT2D eigenvalue weighted by Crippen LogP contribution is -2.33. The van der Waals surface area contributed by atoms with Crippen molar-refractivity contribution in [3.63, 3.8) is 0 Å². The summed E-state index contributed by atoms with van der Waals surface area (Å²) in [6.45, 7) is -0.537. The van der Waals surface area contributed by atoms with E-state index in [1.807, 2.05) is 0 Å². The molecule has 0 aliphatic carbocycles. The number of carbonyl (C=O) groups excluding carboxylic acids is 4. The summed E-state index contributed by atoms with van der Waals surface area (Å²) >= 11 is 5.84. The lowest BCUT2D eigenvalue weighted by Gasteiger charge is -2.15. The molecule has 1 aliphatic heterocycles. The first-order valence-corrected chi connectivity index (χ1v) is 9.62. The number of amides is 3. The summed E-state index contributed by atoms with van der Waals surface area (Å²) in [6.07, 6.45) is 0. The Morgan fingerprint density at radius 3 is 2.06 bits per heavy atom. The number of halogens is 1. The van der Waals surface area contributed by atoms with E-state index in [9.17, 15) is 19.2 Å². The zero-order valence-electron chi connectivity index (χ0n) is 16.0. The third-order valence-electron chi connectivity index (χ3n) is 4.70. The van der Waals surface area contributed by atoms with Gasteiger partial charge in [0, 0.05) is 10.6 Å². The van der Waals surface area contributed by atoms with Gasteiger partial charge in [0.25, 0.3) is 17.7 Å². The maximum atomic E-state index is 12.6. The van der Waals surface area contributed by atoms with E-state index in [-0.39, 0.29) is 22.4 Å².